The first kappa shape index (κ1) is 15.0. The zero-order chi connectivity index (χ0) is 13.8. The van der Waals surface area contributed by atoms with E-state index in [0.717, 1.165) is 25.8 Å². The Hall–Kier alpha value is -1.10. The van der Waals surface area contributed by atoms with Gasteiger partial charge in [-0.1, -0.05) is 20.8 Å². The second-order valence-electron chi connectivity index (χ2n) is 5.51. The van der Waals surface area contributed by atoms with Crippen molar-refractivity contribution >= 4 is 11.8 Å². The first-order valence-electron chi connectivity index (χ1n) is 6.74. The van der Waals surface area contributed by atoms with E-state index in [4.69, 9.17) is 5.73 Å². The summed E-state index contributed by atoms with van der Waals surface area (Å²) in [6, 6.07) is -0.581. The molecule has 4 N–H and O–H groups in total. The average molecular weight is 255 g/mol. The summed E-state index contributed by atoms with van der Waals surface area (Å²) in [6.45, 7) is 7.42. The second kappa shape index (κ2) is 6.18. The largest absolute Gasteiger partial charge is 0.368 e. The molecule has 0 aliphatic carbocycles. The number of hydrogen-bond donors (Lipinski definition) is 3. The van der Waals surface area contributed by atoms with Crippen LogP contribution in [0.3, 0.4) is 0 Å². The van der Waals surface area contributed by atoms with Gasteiger partial charge in [0.05, 0.1) is 5.41 Å². The molecule has 0 spiro atoms. The Labute approximate surface area is 109 Å². The highest BCUT2D eigenvalue weighted by atomic mass is 16.2. The highest BCUT2D eigenvalue weighted by Crippen LogP contribution is 2.30. The van der Waals surface area contributed by atoms with Crippen molar-refractivity contribution in [1.82, 2.24) is 10.6 Å². The predicted octanol–water partition coefficient (Wildman–Crippen LogP) is 0.392. The molecule has 1 heterocycles. The van der Waals surface area contributed by atoms with E-state index in [-0.39, 0.29) is 17.2 Å². The number of nitrogens with two attached hydrogens (primary N) is 1. The van der Waals surface area contributed by atoms with Crippen LogP contribution in [0.2, 0.25) is 0 Å². The summed E-state index contributed by atoms with van der Waals surface area (Å²) in [6.07, 6.45) is 2.63. The lowest BCUT2D eigenvalue weighted by Gasteiger charge is -2.36. The zero-order valence-corrected chi connectivity index (χ0v) is 11.6. The molecule has 1 rings (SSSR count). The number of amides is 2. The predicted molar refractivity (Wildman–Crippen MR) is 70.8 cm³/mol. The Bertz CT molecular complexity index is 309. The molecule has 1 saturated heterocycles. The molecule has 104 valence electrons. The summed E-state index contributed by atoms with van der Waals surface area (Å²) in [4.78, 5) is 23.8. The van der Waals surface area contributed by atoms with E-state index in [1.54, 1.807) is 0 Å². The van der Waals surface area contributed by atoms with E-state index >= 15 is 0 Å². The fourth-order valence-electron chi connectivity index (χ4n) is 2.48. The molecule has 1 aliphatic heterocycles. The maximum Gasteiger partial charge on any atom is 0.240 e. The van der Waals surface area contributed by atoms with E-state index in [0.29, 0.717) is 6.54 Å². The highest BCUT2D eigenvalue weighted by Gasteiger charge is 2.39. The molecule has 2 atom stereocenters. The van der Waals surface area contributed by atoms with E-state index < -0.39 is 11.9 Å². The minimum Gasteiger partial charge on any atom is -0.368 e. The summed E-state index contributed by atoms with van der Waals surface area (Å²) in [7, 11) is 0. The van der Waals surface area contributed by atoms with Crippen LogP contribution in [0.5, 0.6) is 0 Å². The molecule has 0 radical (unpaired) electrons. The number of hydrogen-bond acceptors (Lipinski definition) is 3. The van der Waals surface area contributed by atoms with Crippen molar-refractivity contribution in [2.45, 2.75) is 46.1 Å². The molecular formula is C13H25N3O2. The van der Waals surface area contributed by atoms with Crippen LogP contribution in [0.15, 0.2) is 0 Å². The summed E-state index contributed by atoms with van der Waals surface area (Å²) >= 11 is 0. The van der Waals surface area contributed by atoms with E-state index in [9.17, 15) is 9.59 Å². The van der Waals surface area contributed by atoms with E-state index in [2.05, 4.69) is 10.6 Å². The Morgan fingerprint density at radius 2 is 2.11 bits per heavy atom. The van der Waals surface area contributed by atoms with Gasteiger partial charge in [-0.05, 0) is 31.7 Å². The first-order chi connectivity index (χ1) is 8.43. The molecule has 2 amide bonds. The smallest absolute Gasteiger partial charge is 0.240 e. The third kappa shape index (κ3) is 3.22. The number of carbonyl (C=O) groups is 2. The maximum absolute atomic E-state index is 12.4. The lowest BCUT2D eigenvalue weighted by molar-refractivity contribution is -0.136. The van der Waals surface area contributed by atoms with Gasteiger partial charge >= 0.3 is 0 Å². The fourth-order valence-corrected chi connectivity index (χ4v) is 2.48. The summed E-state index contributed by atoms with van der Waals surface area (Å²) in [5.41, 5.74) is 4.94. The van der Waals surface area contributed by atoms with Crippen molar-refractivity contribution < 1.29 is 9.59 Å². The summed E-state index contributed by atoms with van der Waals surface area (Å²) in [5, 5.41) is 6.09. The summed E-state index contributed by atoms with van der Waals surface area (Å²) in [5.74, 6) is -0.500. The molecule has 2 unspecified atom stereocenters. The number of nitrogens with one attached hydrogen (secondary N) is 2. The molecule has 1 aliphatic rings. The topological polar surface area (TPSA) is 84.2 Å². The molecule has 1 fully saturated rings. The minimum atomic E-state index is -0.581. The SMILES string of the molecule is CCC1(C(=O)NC(C(N)=O)C(C)C)CCCNC1. The lowest BCUT2D eigenvalue weighted by atomic mass is 9.77. The molecular weight excluding hydrogens is 230 g/mol. The van der Waals surface area contributed by atoms with Gasteiger partial charge in [-0.2, -0.15) is 0 Å². The van der Waals surface area contributed by atoms with Gasteiger partial charge in [-0.3, -0.25) is 9.59 Å². The van der Waals surface area contributed by atoms with Crippen LogP contribution in [0.1, 0.15) is 40.0 Å². The van der Waals surface area contributed by atoms with Crippen molar-refractivity contribution in [2.75, 3.05) is 13.1 Å². The fraction of sp³-hybridized carbons (Fsp3) is 0.846. The van der Waals surface area contributed by atoms with Gasteiger partial charge < -0.3 is 16.4 Å². The molecule has 18 heavy (non-hydrogen) atoms. The second-order valence-corrected chi connectivity index (χ2v) is 5.51. The third-order valence-electron chi connectivity index (χ3n) is 3.89. The number of rotatable bonds is 5. The Morgan fingerprint density at radius 3 is 2.50 bits per heavy atom. The number of piperidine rings is 1. The first-order valence-corrected chi connectivity index (χ1v) is 6.74. The van der Waals surface area contributed by atoms with Gasteiger partial charge in [0, 0.05) is 6.54 Å². The quantitative estimate of drug-likeness (QED) is 0.664. The van der Waals surface area contributed by atoms with Crippen molar-refractivity contribution in [3.8, 4) is 0 Å². The Morgan fingerprint density at radius 1 is 1.44 bits per heavy atom. The van der Waals surface area contributed by atoms with Crippen molar-refractivity contribution in [1.29, 1.82) is 0 Å². The molecule has 0 saturated carbocycles. The van der Waals surface area contributed by atoms with Crippen LogP contribution in [0, 0.1) is 11.3 Å². The zero-order valence-electron chi connectivity index (χ0n) is 11.6. The van der Waals surface area contributed by atoms with Gasteiger partial charge in [0.25, 0.3) is 0 Å². The normalized spacial score (nSPS) is 25.8. The van der Waals surface area contributed by atoms with Gasteiger partial charge in [0.15, 0.2) is 0 Å². The van der Waals surface area contributed by atoms with Crippen LogP contribution in [-0.2, 0) is 9.59 Å². The lowest BCUT2D eigenvalue weighted by Crippen LogP contribution is -2.56. The third-order valence-corrected chi connectivity index (χ3v) is 3.89. The number of carbonyl (C=O) groups excluding carboxylic acids is 2. The van der Waals surface area contributed by atoms with E-state index in [1.807, 2.05) is 20.8 Å². The van der Waals surface area contributed by atoms with Gasteiger partial charge in [-0.15, -0.1) is 0 Å². The maximum atomic E-state index is 12.4. The molecule has 5 heteroatoms. The van der Waals surface area contributed by atoms with Crippen LogP contribution in [0.4, 0.5) is 0 Å². The molecule has 5 nitrogen and oxygen atoms in total. The Kier molecular flexibility index (Phi) is 5.14. The molecule has 0 aromatic carbocycles. The summed E-state index contributed by atoms with van der Waals surface area (Å²) < 4.78 is 0. The average Bonchev–Trinajstić information content (AvgIpc) is 2.35. The van der Waals surface area contributed by atoms with E-state index in [1.165, 1.54) is 0 Å². The van der Waals surface area contributed by atoms with Crippen LogP contribution in [0.25, 0.3) is 0 Å². The van der Waals surface area contributed by atoms with Crippen molar-refractivity contribution in [2.24, 2.45) is 17.1 Å². The molecule has 0 aromatic heterocycles. The molecule has 0 aromatic rings. The van der Waals surface area contributed by atoms with Crippen molar-refractivity contribution in [3.05, 3.63) is 0 Å². The molecule has 0 bridgehead atoms. The minimum absolute atomic E-state index is 0.0110. The van der Waals surface area contributed by atoms with Gasteiger partial charge in [-0.25, -0.2) is 0 Å². The van der Waals surface area contributed by atoms with Crippen molar-refractivity contribution in [3.63, 3.8) is 0 Å². The highest BCUT2D eigenvalue weighted by molar-refractivity contribution is 5.89. The monoisotopic (exact) mass is 255 g/mol. The standard InChI is InChI=1S/C13H25N3O2/c1-4-13(6-5-7-15-8-13)12(18)16-10(9(2)3)11(14)17/h9-10,15H,4-8H2,1-3H3,(H2,14,17)(H,16,18). The number of primary amides is 1. The van der Waals surface area contributed by atoms with Gasteiger partial charge in [0.2, 0.25) is 11.8 Å². The van der Waals surface area contributed by atoms with Crippen LogP contribution in [-0.4, -0.2) is 30.9 Å². The van der Waals surface area contributed by atoms with Gasteiger partial charge in [0.1, 0.15) is 6.04 Å². The Balaban J connectivity index is 2.75. The van der Waals surface area contributed by atoms with Crippen LogP contribution < -0.4 is 16.4 Å². The van der Waals surface area contributed by atoms with Crippen LogP contribution >= 0.6 is 0 Å².